The summed E-state index contributed by atoms with van der Waals surface area (Å²) in [6, 6.07) is 0. The van der Waals surface area contributed by atoms with Crippen LogP contribution in [0.1, 0.15) is 12.8 Å². The molecule has 1 rings (SSSR count). The van der Waals surface area contributed by atoms with Gasteiger partial charge in [0.15, 0.2) is 13.0 Å². The van der Waals surface area contributed by atoms with Gasteiger partial charge in [0.05, 0.1) is 13.2 Å². The molecule has 2 unspecified atom stereocenters. The molecule has 0 aromatic carbocycles. The van der Waals surface area contributed by atoms with Gasteiger partial charge < -0.3 is 14.6 Å². The average Bonchev–Trinajstić information content (AvgIpc) is 2.46. The highest BCUT2D eigenvalue weighted by atomic mass is 16.5. The molecule has 0 saturated carbocycles. The molecule has 4 nitrogen and oxygen atoms in total. The topological polar surface area (TPSA) is 38.7 Å². The van der Waals surface area contributed by atoms with Crippen LogP contribution in [0.25, 0.3) is 0 Å². The van der Waals surface area contributed by atoms with E-state index in [0.717, 1.165) is 25.9 Å². The van der Waals surface area contributed by atoms with Crippen LogP contribution in [0.4, 0.5) is 0 Å². The van der Waals surface area contributed by atoms with E-state index in [1.165, 1.54) is 0 Å². The smallest absolute Gasteiger partial charge is 0.192 e. The molecule has 1 N–H and O–H groups in total. The number of hydrogen-bond donors (Lipinski definition) is 1. The van der Waals surface area contributed by atoms with E-state index in [1.54, 1.807) is 14.2 Å². The summed E-state index contributed by atoms with van der Waals surface area (Å²) in [5, 5.41) is 9.83. The summed E-state index contributed by atoms with van der Waals surface area (Å²) in [4.78, 5) is 0. The Hall–Kier alpha value is -0.160. The molecule has 0 spiro atoms. The number of hydrogen-bond acceptors (Lipinski definition) is 3. The molecular weight excluding hydrogens is 170 g/mol. The van der Waals surface area contributed by atoms with E-state index in [0.29, 0.717) is 17.8 Å². The average molecular weight is 190 g/mol. The Morgan fingerprint density at radius 2 is 2.15 bits per heavy atom. The second-order valence-electron chi connectivity index (χ2n) is 3.70. The molecule has 0 bridgehead atoms. The van der Waals surface area contributed by atoms with Crippen molar-refractivity contribution in [1.29, 1.82) is 0 Å². The maximum Gasteiger partial charge on any atom is 0.192 e. The third kappa shape index (κ3) is 2.40. The Labute approximate surface area is 79.6 Å². The number of nitrogens with zero attached hydrogens (tertiary/aromatic N) is 1. The van der Waals surface area contributed by atoms with Crippen molar-refractivity contribution in [2.75, 3.05) is 40.6 Å². The minimum atomic E-state index is -0.268. The van der Waals surface area contributed by atoms with Crippen LogP contribution in [0.2, 0.25) is 0 Å². The molecule has 1 aliphatic rings. The monoisotopic (exact) mass is 190 g/mol. The number of aliphatic hydroxyl groups excluding tert-OH is 1. The van der Waals surface area contributed by atoms with Gasteiger partial charge in [0, 0.05) is 27.1 Å². The van der Waals surface area contributed by atoms with E-state index in [4.69, 9.17) is 9.47 Å². The summed E-state index contributed by atoms with van der Waals surface area (Å²) in [5.41, 5.74) is 0. The first-order valence-corrected chi connectivity index (χ1v) is 4.77. The van der Waals surface area contributed by atoms with E-state index in [2.05, 4.69) is 0 Å². The third-order valence-electron chi connectivity index (χ3n) is 2.82. The van der Waals surface area contributed by atoms with Crippen molar-refractivity contribution in [3.05, 3.63) is 0 Å². The van der Waals surface area contributed by atoms with Crippen molar-refractivity contribution >= 4 is 0 Å². The Balaban J connectivity index is 2.51. The van der Waals surface area contributed by atoms with E-state index in [-0.39, 0.29) is 6.23 Å². The van der Waals surface area contributed by atoms with Gasteiger partial charge in [-0.1, -0.05) is 0 Å². The standard InChI is InChI=1S/C9H20NO3/c1-12-7-6-10(8-13-2)5-3-4-9(10)11/h9,11H,3-8H2,1-2H3/q+1. The van der Waals surface area contributed by atoms with Crippen LogP contribution >= 0.6 is 0 Å². The minimum Gasteiger partial charge on any atom is -0.379 e. The number of quaternary nitrogens is 1. The van der Waals surface area contributed by atoms with Gasteiger partial charge in [-0.05, 0) is 0 Å². The summed E-state index contributed by atoms with van der Waals surface area (Å²) in [6.07, 6.45) is 1.69. The Bertz CT molecular complexity index is 154. The first-order chi connectivity index (χ1) is 6.25. The zero-order chi connectivity index (χ0) is 9.73. The number of likely N-dealkylation sites (tertiary alicyclic amines) is 1. The molecule has 0 aromatic heterocycles. The van der Waals surface area contributed by atoms with Crippen LogP contribution in [0.15, 0.2) is 0 Å². The molecule has 0 aliphatic carbocycles. The summed E-state index contributed by atoms with van der Waals surface area (Å²) in [5.74, 6) is 0. The van der Waals surface area contributed by atoms with Crippen molar-refractivity contribution in [3.8, 4) is 0 Å². The SMILES string of the molecule is COCC[N+]1(COC)CCCC1O. The molecule has 0 radical (unpaired) electrons. The maximum atomic E-state index is 9.83. The van der Waals surface area contributed by atoms with Crippen molar-refractivity contribution < 1.29 is 19.1 Å². The molecule has 1 aliphatic heterocycles. The van der Waals surface area contributed by atoms with Gasteiger partial charge in [-0.25, -0.2) is 0 Å². The van der Waals surface area contributed by atoms with E-state index < -0.39 is 0 Å². The Kier molecular flexibility index (Phi) is 4.12. The fourth-order valence-electron chi connectivity index (χ4n) is 2.02. The first kappa shape index (κ1) is 10.9. The lowest BCUT2D eigenvalue weighted by Gasteiger charge is -2.36. The molecule has 2 atom stereocenters. The first-order valence-electron chi connectivity index (χ1n) is 4.77. The largest absolute Gasteiger partial charge is 0.379 e. The molecule has 1 saturated heterocycles. The Morgan fingerprint density at radius 1 is 1.38 bits per heavy atom. The van der Waals surface area contributed by atoms with E-state index in [9.17, 15) is 5.11 Å². The Morgan fingerprint density at radius 3 is 2.62 bits per heavy atom. The number of methoxy groups -OCH3 is 2. The lowest BCUT2D eigenvalue weighted by atomic mass is 10.4. The van der Waals surface area contributed by atoms with Crippen molar-refractivity contribution in [2.24, 2.45) is 0 Å². The van der Waals surface area contributed by atoms with Gasteiger partial charge >= 0.3 is 0 Å². The van der Waals surface area contributed by atoms with Crippen LogP contribution in [-0.2, 0) is 9.47 Å². The number of aliphatic hydroxyl groups is 1. The highest BCUT2D eigenvalue weighted by Gasteiger charge is 2.40. The molecular formula is C9H20NO3+. The summed E-state index contributed by atoms with van der Waals surface area (Å²) in [7, 11) is 3.36. The minimum absolute atomic E-state index is 0.268. The molecule has 1 heterocycles. The van der Waals surface area contributed by atoms with Crippen molar-refractivity contribution in [2.45, 2.75) is 19.1 Å². The van der Waals surface area contributed by atoms with Gasteiger partial charge in [-0.15, -0.1) is 0 Å². The summed E-state index contributed by atoms with van der Waals surface area (Å²) >= 11 is 0. The quantitative estimate of drug-likeness (QED) is 0.628. The molecule has 0 aromatic rings. The van der Waals surface area contributed by atoms with Gasteiger partial charge in [0.1, 0.15) is 6.54 Å². The predicted octanol–water partition coefficient (Wildman–Crippen LogP) is 0.166. The number of rotatable bonds is 5. The summed E-state index contributed by atoms with van der Waals surface area (Å²) in [6.45, 7) is 3.11. The van der Waals surface area contributed by atoms with Crippen LogP contribution < -0.4 is 0 Å². The lowest BCUT2D eigenvalue weighted by molar-refractivity contribution is -0.974. The lowest BCUT2D eigenvalue weighted by Crippen LogP contribution is -2.54. The van der Waals surface area contributed by atoms with Gasteiger partial charge in [-0.2, -0.15) is 0 Å². The zero-order valence-electron chi connectivity index (χ0n) is 8.53. The van der Waals surface area contributed by atoms with Gasteiger partial charge in [0.2, 0.25) is 0 Å². The second-order valence-corrected chi connectivity index (χ2v) is 3.70. The third-order valence-corrected chi connectivity index (χ3v) is 2.82. The van der Waals surface area contributed by atoms with Crippen molar-refractivity contribution in [1.82, 2.24) is 0 Å². The summed E-state index contributed by atoms with van der Waals surface area (Å²) < 4.78 is 10.8. The second kappa shape index (κ2) is 4.91. The molecule has 78 valence electrons. The normalized spacial score (nSPS) is 33.9. The molecule has 1 fully saturated rings. The van der Waals surface area contributed by atoms with E-state index in [1.807, 2.05) is 0 Å². The zero-order valence-corrected chi connectivity index (χ0v) is 8.53. The molecule has 4 heteroatoms. The van der Waals surface area contributed by atoms with Crippen LogP contribution in [0.5, 0.6) is 0 Å². The van der Waals surface area contributed by atoms with Crippen molar-refractivity contribution in [3.63, 3.8) is 0 Å². The molecule has 0 amide bonds. The van der Waals surface area contributed by atoms with E-state index >= 15 is 0 Å². The predicted molar refractivity (Wildman–Crippen MR) is 49.0 cm³/mol. The maximum absolute atomic E-state index is 9.83. The fourth-order valence-corrected chi connectivity index (χ4v) is 2.02. The highest BCUT2D eigenvalue weighted by Crippen LogP contribution is 2.24. The van der Waals surface area contributed by atoms with Crippen LogP contribution in [0.3, 0.4) is 0 Å². The van der Waals surface area contributed by atoms with Crippen LogP contribution in [-0.4, -0.2) is 56.5 Å². The highest BCUT2D eigenvalue weighted by molar-refractivity contribution is 4.57. The van der Waals surface area contributed by atoms with Gasteiger partial charge in [-0.3, -0.25) is 4.48 Å². The van der Waals surface area contributed by atoms with Crippen LogP contribution in [0, 0.1) is 0 Å². The fraction of sp³-hybridized carbons (Fsp3) is 1.00. The number of ether oxygens (including phenoxy) is 2. The van der Waals surface area contributed by atoms with Gasteiger partial charge in [0.25, 0.3) is 0 Å². The molecule has 13 heavy (non-hydrogen) atoms.